The van der Waals surface area contributed by atoms with Crippen LogP contribution in [-0.2, 0) is 29.1 Å². The molecule has 1 aliphatic heterocycles. The van der Waals surface area contributed by atoms with Crippen LogP contribution in [0.3, 0.4) is 0 Å². The fourth-order valence-electron chi connectivity index (χ4n) is 8.83. The number of hydrogen-bond donors (Lipinski definition) is 0. The third-order valence-corrected chi connectivity index (χ3v) is 12.4. The van der Waals surface area contributed by atoms with Crippen LogP contribution >= 0.6 is 0 Å². The van der Waals surface area contributed by atoms with Crippen molar-refractivity contribution in [2.45, 2.75) is 69.1 Å². The Morgan fingerprint density at radius 1 is 1.03 bits per heavy atom. The molecule has 6 atom stereocenters. The zero-order valence-electron chi connectivity index (χ0n) is 21.5. The second kappa shape index (κ2) is 7.59. The minimum absolute atomic E-state index is 0.136. The molecule has 0 unspecified atom stereocenters. The van der Waals surface area contributed by atoms with Gasteiger partial charge in [0, 0.05) is 39.1 Å². The van der Waals surface area contributed by atoms with Crippen LogP contribution in [0.2, 0.25) is 0 Å². The number of sulfonamides is 1. The van der Waals surface area contributed by atoms with E-state index in [-0.39, 0.29) is 28.3 Å². The second-order valence-electron chi connectivity index (χ2n) is 11.9. The molecule has 36 heavy (non-hydrogen) atoms. The number of hydrogen-bond acceptors (Lipinski definition) is 6. The van der Waals surface area contributed by atoms with Gasteiger partial charge in [-0.3, -0.25) is 9.59 Å². The summed E-state index contributed by atoms with van der Waals surface area (Å²) < 4.78 is 41.6. The number of carbonyl (C=O) groups excluding carboxylic acids is 2. The van der Waals surface area contributed by atoms with Gasteiger partial charge in [0.25, 0.3) is 0 Å². The fraction of sp³-hybridized carbons (Fsp3) is 0.643. The molecule has 1 heterocycles. The lowest BCUT2D eigenvalue weighted by Gasteiger charge is -2.63. The number of rotatable bonds is 4. The van der Waals surface area contributed by atoms with Crippen LogP contribution in [0.5, 0.6) is 0 Å². The normalized spacial score (nSPS) is 41.2. The van der Waals surface area contributed by atoms with Gasteiger partial charge < -0.3 is 9.47 Å². The van der Waals surface area contributed by atoms with E-state index in [2.05, 4.69) is 6.92 Å². The van der Waals surface area contributed by atoms with E-state index in [1.807, 2.05) is 19.1 Å². The highest BCUT2D eigenvalue weighted by Crippen LogP contribution is 2.71. The van der Waals surface area contributed by atoms with Crippen LogP contribution in [0.15, 0.2) is 41.3 Å². The molecule has 0 N–H and O–H groups in total. The van der Waals surface area contributed by atoms with Crippen molar-refractivity contribution in [1.29, 1.82) is 0 Å². The molecule has 5 aliphatic carbocycles. The van der Waals surface area contributed by atoms with E-state index in [0.29, 0.717) is 32.2 Å². The van der Waals surface area contributed by atoms with Gasteiger partial charge in [0.1, 0.15) is 5.78 Å². The van der Waals surface area contributed by atoms with Crippen molar-refractivity contribution >= 4 is 21.6 Å². The van der Waals surface area contributed by atoms with Gasteiger partial charge >= 0.3 is 0 Å². The van der Waals surface area contributed by atoms with E-state index < -0.39 is 38.1 Å². The highest BCUT2D eigenvalue weighted by molar-refractivity contribution is 7.89. The summed E-state index contributed by atoms with van der Waals surface area (Å²) in [5.74, 6) is -1.98. The van der Waals surface area contributed by atoms with E-state index in [0.717, 1.165) is 18.4 Å². The van der Waals surface area contributed by atoms with Crippen LogP contribution in [-0.4, -0.2) is 56.9 Å². The van der Waals surface area contributed by atoms with Crippen LogP contribution in [0, 0.1) is 35.0 Å². The lowest BCUT2D eigenvalue weighted by molar-refractivity contribution is -0.255. The maximum Gasteiger partial charge on any atom is 0.243 e. The number of benzene rings is 1. The largest absolute Gasteiger partial charge is 0.347 e. The highest BCUT2D eigenvalue weighted by Gasteiger charge is 2.77. The zero-order valence-corrected chi connectivity index (χ0v) is 22.3. The number of Topliss-reactive ketones (excluding diaryl/α,β-unsaturated/α-hetero) is 2. The van der Waals surface area contributed by atoms with Crippen LogP contribution in [0.1, 0.15) is 51.0 Å². The predicted molar refractivity (Wildman–Crippen MR) is 132 cm³/mol. The summed E-state index contributed by atoms with van der Waals surface area (Å²) in [6, 6.07) is 6.35. The van der Waals surface area contributed by atoms with Gasteiger partial charge in [0.2, 0.25) is 21.6 Å². The summed E-state index contributed by atoms with van der Waals surface area (Å²) in [4.78, 5) is 28.3. The molecule has 0 amide bonds. The molecule has 8 heteroatoms. The van der Waals surface area contributed by atoms with Crippen LogP contribution < -0.4 is 0 Å². The molecule has 0 radical (unpaired) electrons. The topological polar surface area (TPSA) is 90.0 Å². The van der Waals surface area contributed by atoms with Crippen molar-refractivity contribution in [3.05, 3.63) is 42.0 Å². The first-order valence-corrected chi connectivity index (χ1v) is 14.4. The number of fused-ring (bicyclic) bond motifs is 1. The average molecular weight is 514 g/mol. The second-order valence-corrected chi connectivity index (χ2v) is 13.8. The quantitative estimate of drug-likeness (QED) is 0.451. The summed E-state index contributed by atoms with van der Waals surface area (Å²) >= 11 is 0. The van der Waals surface area contributed by atoms with Crippen molar-refractivity contribution in [3.8, 4) is 0 Å². The number of allylic oxidation sites excluding steroid dienone is 1. The number of nitrogens with zero attached hydrogens (tertiary/aromatic N) is 1. The van der Waals surface area contributed by atoms with Gasteiger partial charge in [-0.1, -0.05) is 36.8 Å². The fourth-order valence-corrected chi connectivity index (χ4v) is 10.7. The highest BCUT2D eigenvalue weighted by atomic mass is 32.2. The Hall–Kier alpha value is -1.87. The van der Waals surface area contributed by atoms with E-state index in [4.69, 9.17) is 9.47 Å². The molecule has 6 aliphatic rings. The zero-order chi connectivity index (χ0) is 25.7. The Morgan fingerprint density at radius 3 is 2.39 bits per heavy atom. The number of ether oxygens (including phenoxy) is 2. The van der Waals surface area contributed by atoms with Gasteiger partial charge in [0.15, 0.2) is 0 Å². The van der Waals surface area contributed by atoms with Crippen molar-refractivity contribution in [2.24, 2.45) is 28.1 Å². The Bertz CT molecular complexity index is 1270. The monoisotopic (exact) mass is 513 g/mol. The van der Waals surface area contributed by atoms with E-state index >= 15 is 0 Å². The van der Waals surface area contributed by atoms with Gasteiger partial charge in [-0.2, -0.15) is 4.31 Å². The Balaban J connectivity index is 1.54. The molecule has 1 saturated heterocycles. The van der Waals surface area contributed by atoms with E-state index in [9.17, 15) is 18.0 Å². The molecule has 2 bridgehead atoms. The lowest BCUT2D eigenvalue weighted by atomic mass is 9.41. The summed E-state index contributed by atoms with van der Waals surface area (Å²) in [6.07, 6.45) is 7.59. The van der Waals surface area contributed by atoms with Crippen LogP contribution in [0.4, 0.5) is 0 Å². The summed E-state index contributed by atoms with van der Waals surface area (Å²) in [6.45, 7) is 4.33. The van der Waals surface area contributed by atoms with Crippen LogP contribution in [0.25, 0.3) is 0 Å². The van der Waals surface area contributed by atoms with E-state index in [1.54, 1.807) is 28.6 Å². The first-order chi connectivity index (χ1) is 17.0. The number of carbonyl (C=O) groups is 2. The van der Waals surface area contributed by atoms with Gasteiger partial charge in [-0.25, -0.2) is 8.42 Å². The molecule has 1 aromatic rings. The molecule has 3 saturated carbocycles. The predicted octanol–water partition coefficient (Wildman–Crippen LogP) is 3.66. The third-order valence-electron chi connectivity index (χ3n) is 10.6. The maximum atomic E-state index is 14.3. The molecule has 2 spiro atoms. The van der Waals surface area contributed by atoms with Gasteiger partial charge in [-0.15, -0.1) is 0 Å². The third kappa shape index (κ3) is 2.66. The van der Waals surface area contributed by atoms with E-state index in [1.165, 1.54) is 14.2 Å². The molecule has 7 rings (SSSR count). The summed E-state index contributed by atoms with van der Waals surface area (Å²) in [5.41, 5.74) is -1.18. The Labute approximate surface area is 213 Å². The van der Waals surface area contributed by atoms with Gasteiger partial charge in [0.05, 0.1) is 15.7 Å². The molecular weight excluding hydrogens is 478 g/mol. The average Bonchev–Trinajstić information content (AvgIpc) is 3.17. The molecule has 194 valence electrons. The Kier molecular flexibility index (Phi) is 5.16. The number of aryl methyl sites for hydroxylation is 1. The Morgan fingerprint density at radius 2 is 1.72 bits per heavy atom. The number of ketones is 2. The summed E-state index contributed by atoms with van der Waals surface area (Å²) in [7, 11) is -0.901. The molecule has 4 fully saturated rings. The van der Waals surface area contributed by atoms with Crippen molar-refractivity contribution in [3.63, 3.8) is 0 Å². The SMILES string of the molecule is COC1(OC)C(=O)[C@]23C=C[C@H]1C[C@H]2[C@@H]1N(S(=O)(=O)c2ccc(C)cc2)C[C@@]2(C)CCCC(=O)[C@@]12CC3. The van der Waals surface area contributed by atoms with Crippen molar-refractivity contribution in [2.75, 3.05) is 20.8 Å². The molecular formula is C28H35NO6S. The first kappa shape index (κ1) is 24.5. The van der Waals surface area contributed by atoms with Gasteiger partial charge in [-0.05, 0) is 62.5 Å². The minimum Gasteiger partial charge on any atom is -0.347 e. The van der Waals surface area contributed by atoms with Crippen molar-refractivity contribution in [1.82, 2.24) is 4.31 Å². The maximum absolute atomic E-state index is 14.3. The lowest BCUT2D eigenvalue weighted by Crippen LogP contribution is -2.71. The summed E-state index contributed by atoms with van der Waals surface area (Å²) in [5, 5.41) is 0. The standard InChI is InChI=1S/C28H35NO6S/c1-18-7-9-20(10-8-18)36(32,33)29-17-25(2)12-5-6-22(30)27(25)15-14-26-13-11-19(16-21(26)23(27)29)28(34-3,35-4)24(26)31/h7-11,13,19,21,23H,5-6,12,14-17H2,1-4H3/t19-,21-,23-,25+,26-,27-/m0/s1. The molecule has 1 aromatic carbocycles. The van der Waals surface area contributed by atoms with Crippen molar-refractivity contribution < 1.29 is 27.5 Å². The first-order valence-electron chi connectivity index (χ1n) is 13.0. The minimum atomic E-state index is -3.90. The number of methoxy groups -OCH3 is 2. The smallest absolute Gasteiger partial charge is 0.243 e. The molecule has 7 nitrogen and oxygen atoms in total. The molecule has 0 aromatic heterocycles.